The summed E-state index contributed by atoms with van der Waals surface area (Å²) < 4.78 is 5.20. The van der Waals surface area contributed by atoms with Crippen LogP contribution in [-0.4, -0.2) is 74.3 Å². The quantitative estimate of drug-likeness (QED) is 0.237. The number of hydrogen-bond donors (Lipinski definition) is 6. The number of carbonyl (C=O) groups excluding carboxylic acids is 1. The molecule has 6 atom stereocenters. The van der Waals surface area contributed by atoms with Crippen molar-refractivity contribution in [2.45, 2.75) is 63.4 Å². The van der Waals surface area contributed by atoms with Gasteiger partial charge in [0.25, 0.3) is 5.79 Å². The van der Waals surface area contributed by atoms with E-state index in [4.69, 9.17) is 15.6 Å². The molecule has 1 saturated heterocycles. The zero-order valence-corrected chi connectivity index (χ0v) is 13.1. The maximum atomic E-state index is 11.3. The van der Waals surface area contributed by atoms with E-state index < -0.39 is 54.5 Å². The van der Waals surface area contributed by atoms with Crippen molar-refractivity contribution in [2.75, 3.05) is 0 Å². The number of carboxylic acid groups (broad SMARTS) is 1. The first-order chi connectivity index (χ1) is 10.5. The fraction of sp³-hybridized carbons (Fsp3) is 0.769. The molecule has 0 saturated carbocycles. The molecule has 1 aliphatic rings. The Morgan fingerprint density at radius 3 is 2.39 bits per heavy atom. The van der Waals surface area contributed by atoms with E-state index in [-0.39, 0.29) is 5.84 Å². The van der Waals surface area contributed by atoms with Crippen molar-refractivity contribution >= 4 is 17.7 Å². The number of amides is 1. The van der Waals surface area contributed by atoms with Crippen LogP contribution in [0.2, 0.25) is 0 Å². The van der Waals surface area contributed by atoms with Gasteiger partial charge in [0.1, 0.15) is 12.1 Å². The summed E-state index contributed by atoms with van der Waals surface area (Å²) in [6.07, 6.45) is -4.50. The first-order valence-corrected chi connectivity index (χ1v) is 7.04. The van der Waals surface area contributed by atoms with Gasteiger partial charge in [-0.25, -0.2) is 4.79 Å². The summed E-state index contributed by atoms with van der Waals surface area (Å²) in [5, 5.41) is 41.6. The number of nitrogens with one attached hydrogen (secondary N) is 1. The van der Waals surface area contributed by atoms with Crippen LogP contribution in [0.15, 0.2) is 4.99 Å². The molecule has 132 valence electrons. The van der Waals surface area contributed by atoms with Gasteiger partial charge in [0.2, 0.25) is 5.91 Å². The van der Waals surface area contributed by atoms with Crippen molar-refractivity contribution in [3.63, 3.8) is 0 Å². The van der Waals surface area contributed by atoms with Crippen LogP contribution in [0, 0.1) is 0 Å². The van der Waals surface area contributed by atoms with Crippen molar-refractivity contribution < 1.29 is 34.8 Å². The number of carbonyl (C=O) groups is 2. The van der Waals surface area contributed by atoms with Gasteiger partial charge in [-0.15, -0.1) is 0 Å². The van der Waals surface area contributed by atoms with Gasteiger partial charge in [0.05, 0.1) is 24.1 Å². The van der Waals surface area contributed by atoms with E-state index >= 15 is 0 Å². The topological polar surface area (TPSA) is 175 Å². The molecule has 10 heteroatoms. The Hall–Kier alpha value is -1.75. The lowest BCUT2D eigenvalue weighted by atomic mass is 9.88. The molecule has 1 fully saturated rings. The first-order valence-electron chi connectivity index (χ1n) is 7.04. The molecule has 1 rings (SSSR count). The highest BCUT2D eigenvalue weighted by molar-refractivity contribution is 5.78. The monoisotopic (exact) mass is 333 g/mol. The number of aliphatic hydroxyl groups is 3. The normalized spacial score (nSPS) is 34.5. The van der Waals surface area contributed by atoms with E-state index in [9.17, 15) is 24.9 Å². The van der Waals surface area contributed by atoms with Crippen molar-refractivity contribution in [2.24, 2.45) is 10.7 Å². The first kappa shape index (κ1) is 19.3. The zero-order valence-electron chi connectivity index (χ0n) is 13.1. The second-order valence-electron chi connectivity index (χ2n) is 5.67. The van der Waals surface area contributed by atoms with Gasteiger partial charge in [0, 0.05) is 13.3 Å². The lowest BCUT2D eigenvalue weighted by Gasteiger charge is -2.44. The Bertz CT molecular complexity index is 492. The molecule has 1 heterocycles. The molecule has 23 heavy (non-hydrogen) atoms. The smallest absolute Gasteiger partial charge is 0.364 e. The van der Waals surface area contributed by atoms with Crippen LogP contribution in [0.25, 0.3) is 0 Å². The minimum atomic E-state index is -2.66. The van der Waals surface area contributed by atoms with E-state index in [1.165, 1.54) is 20.8 Å². The van der Waals surface area contributed by atoms with Gasteiger partial charge in [-0.3, -0.25) is 9.79 Å². The molecular formula is C13H23N3O7. The van der Waals surface area contributed by atoms with Crippen molar-refractivity contribution in [1.82, 2.24) is 5.32 Å². The van der Waals surface area contributed by atoms with Crippen LogP contribution in [0.3, 0.4) is 0 Å². The Morgan fingerprint density at radius 2 is 2.00 bits per heavy atom. The van der Waals surface area contributed by atoms with E-state index in [1.807, 2.05) is 0 Å². The predicted octanol–water partition coefficient (Wildman–Crippen LogP) is -2.46. The molecule has 0 unspecified atom stereocenters. The molecule has 0 aromatic rings. The Balaban J connectivity index is 3.27. The summed E-state index contributed by atoms with van der Waals surface area (Å²) in [6.45, 7) is 4.00. The summed E-state index contributed by atoms with van der Waals surface area (Å²) in [7, 11) is 0. The summed E-state index contributed by atoms with van der Waals surface area (Å²) in [6, 6.07) is -2.17. The molecule has 0 bridgehead atoms. The van der Waals surface area contributed by atoms with E-state index in [1.54, 1.807) is 0 Å². The highest BCUT2D eigenvalue weighted by Crippen LogP contribution is 2.32. The Kier molecular flexibility index (Phi) is 6.05. The Labute approximate surface area is 133 Å². The number of nitrogens with zero attached hydrogens (tertiary/aromatic N) is 1. The highest BCUT2D eigenvalue weighted by atomic mass is 16.7. The highest BCUT2D eigenvalue weighted by Gasteiger charge is 2.53. The third-order valence-corrected chi connectivity index (χ3v) is 3.48. The van der Waals surface area contributed by atoms with E-state index in [2.05, 4.69) is 10.3 Å². The minimum absolute atomic E-state index is 0.0931. The second kappa shape index (κ2) is 7.21. The third-order valence-electron chi connectivity index (χ3n) is 3.48. The molecule has 0 radical (unpaired) electrons. The van der Waals surface area contributed by atoms with Gasteiger partial charge in [-0.05, 0) is 13.8 Å². The second-order valence-corrected chi connectivity index (χ2v) is 5.67. The maximum Gasteiger partial charge on any atom is 0.364 e. The molecule has 0 aromatic heterocycles. The third kappa shape index (κ3) is 4.61. The van der Waals surface area contributed by atoms with Gasteiger partial charge < -0.3 is 36.2 Å². The number of carboxylic acids is 1. The summed E-state index contributed by atoms with van der Waals surface area (Å²) in [4.78, 5) is 26.5. The van der Waals surface area contributed by atoms with Crippen LogP contribution in [-0.2, 0) is 14.3 Å². The fourth-order valence-electron chi connectivity index (χ4n) is 2.50. The van der Waals surface area contributed by atoms with E-state index in [0.29, 0.717) is 0 Å². The van der Waals surface area contributed by atoms with E-state index in [0.717, 1.165) is 0 Å². The number of aliphatic imine (C=N–C) groups is 1. The molecule has 1 aliphatic heterocycles. The van der Waals surface area contributed by atoms with Crippen LogP contribution in [0.5, 0.6) is 0 Å². The molecular weight excluding hydrogens is 310 g/mol. The molecule has 0 spiro atoms. The number of ether oxygens (including phenoxy) is 1. The molecule has 7 N–H and O–H groups in total. The van der Waals surface area contributed by atoms with Gasteiger partial charge in [-0.1, -0.05) is 0 Å². The van der Waals surface area contributed by atoms with Gasteiger partial charge >= 0.3 is 5.97 Å². The fourth-order valence-corrected chi connectivity index (χ4v) is 2.50. The Morgan fingerprint density at radius 1 is 1.43 bits per heavy atom. The van der Waals surface area contributed by atoms with Crippen molar-refractivity contribution in [3.05, 3.63) is 0 Å². The summed E-state index contributed by atoms with van der Waals surface area (Å²) in [5.41, 5.74) is 5.51. The lowest BCUT2D eigenvalue weighted by Crippen LogP contribution is -2.65. The average molecular weight is 333 g/mol. The maximum absolute atomic E-state index is 11.3. The average Bonchev–Trinajstić information content (AvgIpc) is 2.38. The number of rotatable bonds is 5. The van der Waals surface area contributed by atoms with Crippen LogP contribution in [0.4, 0.5) is 0 Å². The van der Waals surface area contributed by atoms with Crippen LogP contribution >= 0.6 is 0 Å². The van der Waals surface area contributed by atoms with Crippen molar-refractivity contribution in [3.8, 4) is 0 Å². The van der Waals surface area contributed by atoms with Crippen molar-refractivity contribution in [1.29, 1.82) is 0 Å². The number of aliphatic carboxylic acids is 1. The number of amidine groups is 1. The molecule has 10 nitrogen and oxygen atoms in total. The number of aliphatic hydroxyl groups excluding tert-OH is 2. The molecule has 0 aliphatic carbocycles. The predicted molar refractivity (Wildman–Crippen MR) is 78.5 cm³/mol. The summed E-state index contributed by atoms with van der Waals surface area (Å²) in [5.74, 6) is -4.77. The zero-order chi connectivity index (χ0) is 17.9. The standard InChI is InChI=1S/C13H23N3O7/c1-5(17)9(16-7(3)18)11-10(15-6(2)14)8(19)4-13(22,23-11)12(20)21/h5,8-11,17,19,22H,4H2,1-3H3,(H2,14,15)(H,16,18)(H,20,21)/t5-,8+,9-,10-,11+,13+/m1/s1. The number of nitrogens with two attached hydrogens (primary N) is 1. The molecule has 0 aromatic carbocycles. The van der Waals surface area contributed by atoms with Gasteiger partial charge in [-0.2, -0.15) is 0 Å². The van der Waals surface area contributed by atoms with Crippen LogP contribution in [0.1, 0.15) is 27.2 Å². The largest absolute Gasteiger partial charge is 0.477 e. The summed E-state index contributed by atoms with van der Waals surface area (Å²) >= 11 is 0. The molecule has 1 amide bonds. The minimum Gasteiger partial charge on any atom is -0.477 e. The van der Waals surface area contributed by atoms with Gasteiger partial charge in [0.15, 0.2) is 0 Å². The van der Waals surface area contributed by atoms with Crippen LogP contribution < -0.4 is 11.1 Å². The lowest BCUT2D eigenvalue weighted by molar-refractivity contribution is -0.280. The SMILES string of the molecule is CC(=O)N[C@@H]([C@@H]1O[C@](O)(C(=O)O)C[C@H](O)[C@H]1N=C(C)N)[C@@H](C)O. The number of hydrogen-bond acceptors (Lipinski definition) is 7.